The Morgan fingerprint density at radius 1 is 1.06 bits per heavy atom. The Bertz CT molecular complexity index is 1020. The Morgan fingerprint density at radius 2 is 1.77 bits per heavy atom. The smallest absolute Gasteiger partial charge is 0.238 e. The summed E-state index contributed by atoms with van der Waals surface area (Å²) in [4.78, 5) is 29.9. The number of morpholine rings is 1. The summed E-state index contributed by atoms with van der Waals surface area (Å²) in [5, 5.41) is 0. The molecule has 4 rings (SSSR count). The fraction of sp³-hybridized carbons (Fsp3) is 0.474. The molecule has 3 aromatic rings. The van der Waals surface area contributed by atoms with Crippen LogP contribution in [0.25, 0.3) is 0 Å². The zero-order chi connectivity index (χ0) is 22.0. The van der Waals surface area contributed by atoms with Gasteiger partial charge in [-0.05, 0) is 20.8 Å². The standard InChI is InChI=1S/C19H25FN10O/c1-12(2)29-10-15(24-11-29)30(13(3)16-22-8-14(20)9-23-16)19-26-17(21)25-18(27-19)28-4-6-31-7-5-28/h8-13H,4-7H2,1-3H3,(H2,21,25,26,27)/t13-/m0/s1. The predicted molar refractivity (Wildman–Crippen MR) is 112 cm³/mol. The van der Waals surface area contributed by atoms with E-state index < -0.39 is 11.9 Å². The van der Waals surface area contributed by atoms with Crippen LogP contribution in [0.2, 0.25) is 0 Å². The van der Waals surface area contributed by atoms with Crippen LogP contribution in [0.3, 0.4) is 0 Å². The second kappa shape index (κ2) is 8.76. The molecule has 2 N–H and O–H groups in total. The van der Waals surface area contributed by atoms with Gasteiger partial charge < -0.3 is 19.9 Å². The van der Waals surface area contributed by atoms with Gasteiger partial charge >= 0.3 is 0 Å². The molecule has 0 unspecified atom stereocenters. The van der Waals surface area contributed by atoms with Crippen LogP contribution in [-0.2, 0) is 4.74 Å². The molecule has 0 radical (unpaired) electrons. The molecule has 1 fully saturated rings. The summed E-state index contributed by atoms with van der Waals surface area (Å²) in [7, 11) is 0. The topological polar surface area (TPSA) is 124 Å². The number of nitrogens with two attached hydrogens (primary N) is 1. The molecule has 1 aliphatic rings. The van der Waals surface area contributed by atoms with E-state index in [4.69, 9.17) is 10.5 Å². The maximum Gasteiger partial charge on any atom is 0.238 e. The number of halogens is 1. The van der Waals surface area contributed by atoms with E-state index in [2.05, 4.69) is 43.8 Å². The number of nitrogen functional groups attached to an aromatic ring is 1. The highest BCUT2D eigenvalue weighted by molar-refractivity contribution is 5.56. The number of anilines is 4. The Balaban J connectivity index is 1.78. The van der Waals surface area contributed by atoms with E-state index in [0.717, 1.165) is 12.4 Å². The van der Waals surface area contributed by atoms with E-state index in [1.54, 1.807) is 11.2 Å². The third kappa shape index (κ3) is 4.53. The van der Waals surface area contributed by atoms with Crippen LogP contribution in [-0.4, -0.2) is 60.8 Å². The van der Waals surface area contributed by atoms with Gasteiger partial charge in [-0.2, -0.15) is 15.0 Å². The zero-order valence-electron chi connectivity index (χ0n) is 17.7. The molecule has 1 atom stereocenters. The molecule has 0 aliphatic carbocycles. The number of hydrogen-bond donors (Lipinski definition) is 1. The van der Waals surface area contributed by atoms with Gasteiger partial charge in [0.1, 0.15) is 0 Å². The molecule has 1 aliphatic heterocycles. The largest absolute Gasteiger partial charge is 0.378 e. The van der Waals surface area contributed by atoms with Crippen molar-refractivity contribution < 1.29 is 9.13 Å². The number of hydrogen-bond acceptors (Lipinski definition) is 10. The number of imidazole rings is 1. The summed E-state index contributed by atoms with van der Waals surface area (Å²) in [6.45, 7) is 8.46. The van der Waals surface area contributed by atoms with Gasteiger partial charge in [-0.25, -0.2) is 19.3 Å². The van der Waals surface area contributed by atoms with Crippen LogP contribution in [0.1, 0.15) is 38.7 Å². The Labute approximate surface area is 179 Å². The van der Waals surface area contributed by atoms with Crippen molar-refractivity contribution in [3.05, 3.63) is 36.6 Å². The molecule has 0 spiro atoms. The minimum atomic E-state index is -0.509. The molecule has 0 bridgehead atoms. The van der Waals surface area contributed by atoms with Gasteiger partial charge in [0, 0.05) is 25.3 Å². The van der Waals surface area contributed by atoms with Crippen molar-refractivity contribution in [1.29, 1.82) is 0 Å². The van der Waals surface area contributed by atoms with Gasteiger partial charge in [0.2, 0.25) is 17.8 Å². The van der Waals surface area contributed by atoms with Gasteiger partial charge in [0.25, 0.3) is 0 Å². The van der Waals surface area contributed by atoms with E-state index in [1.807, 2.05) is 22.6 Å². The maximum atomic E-state index is 13.4. The summed E-state index contributed by atoms with van der Waals surface area (Å²) in [6.07, 6.45) is 5.88. The van der Waals surface area contributed by atoms with Crippen LogP contribution in [0.5, 0.6) is 0 Å². The van der Waals surface area contributed by atoms with Crippen LogP contribution < -0.4 is 15.5 Å². The molecule has 0 aromatic carbocycles. The van der Waals surface area contributed by atoms with Gasteiger partial charge in [0.05, 0.1) is 38.0 Å². The fourth-order valence-electron chi connectivity index (χ4n) is 3.24. The first-order valence-electron chi connectivity index (χ1n) is 10.1. The third-order valence-corrected chi connectivity index (χ3v) is 4.97. The number of aromatic nitrogens is 7. The minimum absolute atomic E-state index is 0.0898. The Hall–Kier alpha value is -3.41. The lowest BCUT2D eigenvalue weighted by Crippen LogP contribution is -2.38. The summed E-state index contributed by atoms with van der Waals surface area (Å²) >= 11 is 0. The Kier molecular flexibility index (Phi) is 5.89. The SMILES string of the molecule is CC(C)n1cnc(N(c2nc(N)nc(N3CCOCC3)n2)[C@@H](C)c2ncc(F)cn2)c1. The summed E-state index contributed by atoms with van der Waals surface area (Å²) in [6, 6.07) is -0.233. The molecule has 3 aromatic heterocycles. The quantitative estimate of drug-likeness (QED) is 0.622. The lowest BCUT2D eigenvalue weighted by Gasteiger charge is -2.29. The van der Waals surface area contributed by atoms with Crippen LogP contribution in [0.15, 0.2) is 24.9 Å². The van der Waals surface area contributed by atoms with E-state index in [-0.39, 0.29) is 12.0 Å². The van der Waals surface area contributed by atoms with E-state index in [0.29, 0.717) is 49.8 Å². The second-order valence-electron chi connectivity index (χ2n) is 7.47. The molecular formula is C19H25FN10O. The summed E-state index contributed by atoms with van der Waals surface area (Å²) in [5.74, 6) is 1.34. The average molecular weight is 428 g/mol. The van der Waals surface area contributed by atoms with Crippen molar-refractivity contribution in [2.45, 2.75) is 32.9 Å². The monoisotopic (exact) mass is 428 g/mol. The first-order chi connectivity index (χ1) is 14.9. The van der Waals surface area contributed by atoms with Crippen molar-refractivity contribution in [3.8, 4) is 0 Å². The maximum absolute atomic E-state index is 13.4. The molecule has 164 valence electrons. The second-order valence-corrected chi connectivity index (χ2v) is 7.47. The van der Waals surface area contributed by atoms with Crippen molar-refractivity contribution >= 4 is 23.7 Å². The van der Waals surface area contributed by atoms with Crippen LogP contribution in [0.4, 0.5) is 28.1 Å². The third-order valence-electron chi connectivity index (χ3n) is 4.97. The first-order valence-corrected chi connectivity index (χ1v) is 10.1. The van der Waals surface area contributed by atoms with Crippen molar-refractivity contribution in [2.24, 2.45) is 0 Å². The lowest BCUT2D eigenvalue weighted by atomic mass is 10.2. The normalized spacial score (nSPS) is 15.3. The van der Waals surface area contributed by atoms with Gasteiger partial charge in [-0.15, -0.1) is 0 Å². The van der Waals surface area contributed by atoms with Crippen molar-refractivity contribution in [3.63, 3.8) is 0 Å². The van der Waals surface area contributed by atoms with Gasteiger partial charge in [0.15, 0.2) is 17.5 Å². The van der Waals surface area contributed by atoms with Crippen LogP contribution in [0, 0.1) is 5.82 Å². The zero-order valence-corrected chi connectivity index (χ0v) is 17.7. The molecule has 1 saturated heterocycles. The highest BCUT2D eigenvalue weighted by Crippen LogP contribution is 2.32. The summed E-state index contributed by atoms with van der Waals surface area (Å²) < 4.78 is 20.8. The molecule has 0 amide bonds. The summed E-state index contributed by atoms with van der Waals surface area (Å²) in [5.41, 5.74) is 6.04. The predicted octanol–water partition coefficient (Wildman–Crippen LogP) is 1.90. The number of rotatable bonds is 6. The molecule has 11 nitrogen and oxygen atoms in total. The first kappa shape index (κ1) is 20.8. The van der Waals surface area contributed by atoms with E-state index in [9.17, 15) is 4.39 Å². The van der Waals surface area contributed by atoms with Gasteiger partial charge in [-0.1, -0.05) is 0 Å². The van der Waals surface area contributed by atoms with Gasteiger partial charge in [-0.3, -0.25) is 4.90 Å². The van der Waals surface area contributed by atoms with Crippen LogP contribution >= 0.6 is 0 Å². The molecule has 31 heavy (non-hydrogen) atoms. The lowest BCUT2D eigenvalue weighted by molar-refractivity contribution is 0.122. The number of ether oxygens (including phenoxy) is 1. The fourth-order valence-corrected chi connectivity index (χ4v) is 3.24. The van der Waals surface area contributed by atoms with E-state index in [1.165, 1.54) is 0 Å². The Morgan fingerprint density at radius 3 is 2.42 bits per heavy atom. The highest BCUT2D eigenvalue weighted by atomic mass is 19.1. The minimum Gasteiger partial charge on any atom is -0.378 e. The van der Waals surface area contributed by atoms with E-state index >= 15 is 0 Å². The average Bonchev–Trinajstić information content (AvgIpc) is 3.25. The molecule has 12 heteroatoms. The van der Waals surface area contributed by atoms with Crippen molar-refractivity contribution in [1.82, 2.24) is 34.5 Å². The molecular weight excluding hydrogens is 403 g/mol. The molecule has 0 saturated carbocycles. The highest BCUT2D eigenvalue weighted by Gasteiger charge is 2.27. The number of nitrogens with zero attached hydrogens (tertiary/aromatic N) is 9. The van der Waals surface area contributed by atoms with Crippen molar-refractivity contribution in [2.75, 3.05) is 41.8 Å². The molecule has 4 heterocycles.